The highest BCUT2D eigenvalue weighted by Crippen LogP contribution is 2.27. The van der Waals surface area contributed by atoms with Gasteiger partial charge >= 0.3 is 0 Å². The molecule has 13 heavy (non-hydrogen) atoms. The summed E-state index contributed by atoms with van der Waals surface area (Å²) in [7, 11) is 0. The van der Waals surface area contributed by atoms with Gasteiger partial charge in [0.15, 0.2) is 0 Å². The highest BCUT2D eigenvalue weighted by Gasteiger charge is 2.22. The van der Waals surface area contributed by atoms with Crippen molar-refractivity contribution in [3.8, 4) is 0 Å². The van der Waals surface area contributed by atoms with Crippen LogP contribution < -0.4 is 0 Å². The Bertz CT molecular complexity index is 343. The highest BCUT2D eigenvalue weighted by atomic mass is 19.3. The number of hydrogen-bond acceptors (Lipinski definition) is 3. The molecule has 0 aliphatic heterocycles. The van der Waals surface area contributed by atoms with Crippen LogP contribution in [0.2, 0.25) is 0 Å². The maximum absolute atomic E-state index is 12.3. The van der Waals surface area contributed by atoms with Crippen LogP contribution in [-0.2, 0) is 0 Å². The first kappa shape index (κ1) is 9.43. The van der Waals surface area contributed by atoms with E-state index in [4.69, 9.17) is 0 Å². The van der Waals surface area contributed by atoms with Crippen molar-refractivity contribution in [2.75, 3.05) is 0 Å². The number of aromatic nitrogens is 1. The Balaban J connectivity index is 3.26. The second-order valence-corrected chi connectivity index (χ2v) is 2.12. The fraction of sp³-hybridized carbons (Fsp3) is 0.167. The lowest BCUT2D eigenvalue weighted by atomic mass is 10.2. The lowest BCUT2D eigenvalue weighted by molar-refractivity contribution is -0.386. The van der Waals surface area contributed by atoms with E-state index in [1.807, 2.05) is 0 Å². The summed E-state index contributed by atoms with van der Waals surface area (Å²) in [5, 5.41) is 10.1. The molecule has 7 heteroatoms. The average molecular weight is 192 g/mol. The van der Waals surface area contributed by atoms with Gasteiger partial charge in [0.05, 0.1) is 4.92 Å². The maximum atomic E-state index is 12.3. The molecule has 1 rings (SSSR count). The molecule has 1 aromatic rings. The lowest BCUT2D eigenvalue weighted by Crippen LogP contribution is -1.98. The summed E-state index contributed by atoms with van der Waals surface area (Å²) in [6, 6.07) is 0.350. The summed E-state index contributed by atoms with van der Waals surface area (Å²) in [6.45, 7) is 0. The standard InChI is InChI=1S/C6H3F3N2O2/c7-5-1-3(6(8)9)4(2-10-5)11(12)13/h1-2,6H. The van der Waals surface area contributed by atoms with Crippen molar-refractivity contribution >= 4 is 5.69 Å². The van der Waals surface area contributed by atoms with Gasteiger partial charge in [-0.05, 0) is 0 Å². The predicted molar refractivity (Wildman–Crippen MR) is 35.8 cm³/mol. The Kier molecular flexibility index (Phi) is 2.45. The fourth-order valence-electron chi connectivity index (χ4n) is 0.764. The van der Waals surface area contributed by atoms with E-state index in [1.54, 1.807) is 0 Å². The number of alkyl halides is 2. The molecule has 70 valence electrons. The van der Waals surface area contributed by atoms with E-state index >= 15 is 0 Å². The molecule has 0 aromatic carbocycles. The average Bonchev–Trinajstić information content (AvgIpc) is 2.03. The van der Waals surface area contributed by atoms with E-state index in [1.165, 1.54) is 0 Å². The van der Waals surface area contributed by atoms with E-state index in [2.05, 4.69) is 4.98 Å². The molecule has 0 radical (unpaired) electrons. The SMILES string of the molecule is O=[N+]([O-])c1cnc(F)cc1C(F)F. The van der Waals surface area contributed by atoms with Gasteiger partial charge in [-0.25, -0.2) is 13.8 Å². The molecule has 0 saturated heterocycles. The molecule has 0 atom stereocenters. The Morgan fingerprint density at radius 2 is 2.15 bits per heavy atom. The van der Waals surface area contributed by atoms with E-state index in [0.29, 0.717) is 12.3 Å². The van der Waals surface area contributed by atoms with Crippen LogP contribution in [0.25, 0.3) is 0 Å². The quantitative estimate of drug-likeness (QED) is 0.409. The summed E-state index contributed by atoms with van der Waals surface area (Å²) in [5.41, 5.74) is -1.84. The molecule has 4 nitrogen and oxygen atoms in total. The highest BCUT2D eigenvalue weighted by molar-refractivity contribution is 5.37. The van der Waals surface area contributed by atoms with Crippen molar-refractivity contribution in [2.24, 2.45) is 0 Å². The third kappa shape index (κ3) is 1.92. The molecule has 1 aromatic heterocycles. The normalized spacial score (nSPS) is 10.5. The molecule has 0 N–H and O–H groups in total. The lowest BCUT2D eigenvalue weighted by Gasteiger charge is -1.99. The van der Waals surface area contributed by atoms with Crippen LogP contribution in [0.1, 0.15) is 12.0 Å². The summed E-state index contributed by atoms with van der Waals surface area (Å²) in [5.74, 6) is -1.17. The van der Waals surface area contributed by atoms with E-state index in [0.717, 1.165) is 0 Å². The number of nitrogens with zero attached hydrogens (tertiary/aromatic N) is 2. The van der Waals surface area contributed by atoms with E-state index in [9.17, 15) is 23.3 Å². The van der Waals surface area contributed by atoms with Crippen LogP contribution >= 0.6 is 0 Å². The topological polar surface area (TPSA) is 56.0 Å². The number of pyridine rings is 1. The molecule has 0 aliphatic carbocycles. The molecule has 0 bridgehead atoms. The van der Waals surface area contributed by atoms with Crippen molar-refractivity contribution < 1.29 is 18.1 Å². The van der Waals surface area contributed by atoms with Crippen molar-refractivity contribution in [3.05, 3.63) is 33.9 Å². The van der Waals surface area contributed by atoms with Gasteiger partial charge in [-0.15, -0.1) is 0 Å². The van der Waals surface area contributed by atoms with Crippen molar-refractivity contribution in [3.63, 3.8) is 0 Å². The Morgan fingerprint density at radius 1 is 1.54 bits per heavy atom. The van der Waals surface area contributed by atoms with Crippen molar-refractivity contribution in [1.29, 1.82) is 0 Å². The molecule has 0 amide bonds. The van der Waals surface area contributed by atoms with Crippen LogP contribution in [0.15, 0.2) is 12.3 Å². The molecule has 0 fully saturated rings. The largest absolute Gasteiger partial charge is 0.296 e. The minimum absolute atomic E-state index is 0.350. The summed E-state index contributed by atoms with van der Waals surface area (Å²) >= 11 is 0. The molecular formula is C6H3F3N2O2. The first-order valence-corrected chi connectivity index (χ1v) is 3.10. The Morgan fingerprint density at radius 3 is 2.62 bits per heavy atom. The van der Waals surface area contributed by atoms with E-state index in [-0.39, 0.29) is 0 Å². The monoisotopic (exact) mass is 192 g/mol. The molecule has 0 spiro atoms. The van der Waals surface area contributed by atoms with Crippen LogP contribution in [0.3, 0.4) is 0 Å². The van der Waals surface area contributed by atoms with Crippen LogP contribution in [0.4, 0.5) is 18.9 Å². The van der Waals surface area contributed by atoms with Gasteiger partial charge in [0.2, 0.25) is 5.95 Å². The van der Waals surface area contributed by atoms with Gasteiger partial charge in [-0.3, -0.25) is 10.1 Å². The van der Waals surface area contributed by atoms with E-state index < -0.39 is 28.5 Å². The zero-order valence-corrected chi connectivity index (χ0v) is 6.08. The second-order valence-electron chi connectivity index (χ2n) is 2.12. The zero-order chi connectivity index (χ0) is 10.0. The molecule has 0 saturated carbocycles. The van der Waals surface area contributed by atoms with Crippen molar-refractivity contribution in [2.45, 2.75) is 6.43 Å². The first-order chi connectivity index (χ1) is 6.02. The third-order valence-electron chi connectivity index (χ3n) is 1.31. The van der Waals surface area contributed by atoms with Gasteiger partial charge in [0.25, 0.3) is 12.1 Å². The van der Waals surface area contributed by atoms with Crippen molar-refractivity contribution in [1.82, 2.24) is 4.98 Å². The van der Waals surface area contributed by atoms with Gasteiger partial charge in [-0.2, -0.15) is 4.39 Å². The van der Waals surface area contributed by atoms with Gasteiger partial charge in [-0.1, -0.05) is 0 Å². The van der Waals surface area contributed by atoms with Crippen LogP contribution in [0, 0.1) is 16.1 Å². The smallest absolute Gasteiger partial charge is 0.258 e. The number of rotatable bonds is 2. The van der Waals surface area contributed by atoms with Crippen LogP contribution in [-0.4, -0.2) is 9.91 Å². The van der Waals surface area contributed by atoms with Gasteiger partial charge < -0.3 is 0 Å². The molecule has 1 heterocycles. The first-order valence-electron chi connectivity index (χ1n) is 3.10. The molecule has 0 aliphatic rings. The van der Waals surface area contributed by atoms with Crippen LogP contribution in [0.5, 0.6) is 0 Å². The number of nitro groups is 1. The summed E-state index contributed by atoms with van der Waals surface area (Å²) in [6.07, 6.45) is -2.62. The fourth-order valence-corrected chi connectivity index (χ4v) is 0.764. The Hall–Kier alpha value is -1.66. The zero-order valence-electron chi connectivity index (χ0n) is 6.08. The summed E-state index contributed by atoms with van der Waals surface area (Å²) in [4.78, 5) is 12.0. The Labute approximate surface area is 70.2 Å². The molecule has 0 unspecified atom stereocenters. The minimum Gasteiger partial charge on any atom is -0.258 e. The third-order valence-corrected chi connectivity index (χ3v) is 1.31. The predicted octanol–water partition coefficient (Wildman–Crippen LogP) is 2.07. The van der Waals surface area contributed by atoms with Gasteiger partial charge in [0.1, 0.15) is 11.8 Å². The maximum Gasteiger partial charge on any atom is 0.296 e. The van der Waals surface area contributed by atoms with Gasteiger partial charge in [0, 0.05) is 6.07 Å². The minimum atomic E-state index is -3.09. The second kappa shape index (κ2) is 3.38. The number of halogens is 3. The summed E-state index contributed by atoms with van der Waals surface area (Å²) < 4.78 is 36.4. The number of hydrogen-bond donors (Lipinski definition) is 0. The molecular weight excluding hydrogens is 189 g/mol.